The number of benzene rings is 1. The molecule has 1 aromatic rings. The molecule has 2 rings (SSSR count). The van der Waals surface area contributed by atoms with Crippen molar-refractivity contribution in [2.75, 3.05) is 13.1 Å². The van der Waals surface area contributed by atoms with Crippen molar-refractivity contribution < 1.29 is 19.1 Å². The average Bonchev–Trinajstić information content (AvgIpc) is 3.11. The normalized spacial score (nSPS) is 14.3. The van der Waals surface area contributed by atoms with E-state index in [4.69, 9.17) is 5.11 Å². The van der Waals surface area contributed by atoms with Crippen molar-refractivity contribution in [1.29, 1.82) is 0 Å². The van der Waals surface area contributed by atoms with Gasteiger partial charge in [-0.25, -0.2) is 4.39 Å². The van der Waals surface area contributed by atoms with Crippen molar-refractivity contribution in [3.05, 3.63) is 35.6 Å². The van der Waals surface area contributed by atoms with Gasteiger partial charge in [0.1, 0.15) is 12.4 Å². The predicted molar refractivity (Wildman–Crippen MR) is 62.7 cm³/mol. The van der Waals surface area contributed by atoms with Crippen LogP contribution in [0.4, 0.5) is 4.39 Å². The van der Waals surface area contributed by atoms with Crippen molar-refractivity contribution in [3.63, 3.8) is 0 Å². The Hall–Kier alpha value is -1.91. The van der Waals surface area contributed by atoms with Crippen LogP contribution in [0.3, 0.4) is 0 Å². The lowest BCUT2D eigenvalue weighted by Gasteiger charge is -2.20. The lowest BCUT2D eigenvalue weighted by Crippen LogP contribution is -2.37. The summed E-state index contributed by atoms with van der Waals surface area (Å²) in [6.07, 6.45) is 2.00. The van der Waals surface area contributed by atoms with Gasteiger partial charge in [0.2, 0.25) is 0 Å². The van der Waals surface area contributed by atoms with Gasteiger partial charge in [-0.15, -0.1) is 0 Å². The van der Waals surface area contributed by atoms with Gasteiger partial charge in [-0.2, -0.15) is 0 Å². The zero-order valence-electron chi connectivity index (χ0n) is 9.80. The summed E-state index contributed by atoms with van der Waals surface area (Å²) in [5, 5.41) is 8.79. The van der Waals surface area contributed by atoms with Crippen LogP contribution in [0.1, 0.15) is 23.2 Å². The second-order valence-electron chi connectivity index (χ2n) is 4.50. The minimum Gasteiger partial charge on any atom is -0.480 e. The fourth-order valence-electron chi connectivity index (χ4n) is 1.80. The van der Waals surface area contributed by atoms with Gasteiger partial charge in [-0.05, 0) is 30.9 Å². The molecule has 1 aliphatic rings. The molecule has 0 atom stereocenters. The molecule has 1 N–H and O–H groups in total. The van der Waals surface area contributed by atoms with Gasteiger partial charge >= 0.3 is 5.97 Å². The summed E-state index contributed by atoms with van der Waals surface area (Å²) in [6, 6.07) is 5.63. The van der Waals surface area contributed by atoms with E-state index in [2.05, 4.69) is 0 Å². The molecule has 0 aliphatic heterocycles. The van der Waals surface area contributed by atoms with Crippen LogP contribution in [0.5, 0.6) is 0 Å². The van der Waals surface area contributed by atoms with Crippen molar-refractivity contribution in [1.82, 2.24) is 4.90 Å². The van der Waals surface area contributed by atoms with Gasteiger partial charge in [0.25, 0.3) is 5.91 Å². The van der Waals surface area contributed by atoms with Crippen LogP contribution in [-0.2, 0) is 4.79 Å². The van der Waals surface area contributed by atoms with Crippen LogP contribution in [-0.4, -0.2) is 35.0 Å². The zero-order valence-corrected chi connectivity index (χ0v) is 9.80. The van der Waals surface area contributed by atoms with Crippen molar-refractivity contribution in [3.8, 4) is 0 Å². The fourth-order valence-corrected chi connectivity index (χ4v) is 1.80. The van der Waals surface area contributed by atoms with E-state index in [1.165, 1.54) is 23.1 Å². The molecular weight excluding hydrogens is 237 g/mol. The first-order valence-corrected chi connectivity index (χ1v) is 5.83. The smallest absolute Gasteiger partial charge is 0.323 e. The summed E-state index contributed by atoms with van der Waals surface area (Å²) < 4.78 is 13.5. The molecule has 1 amide bonds. The number of halogens is 1. The Morgan fingerprint density at radius 3 is 2.56 bits per heavy atom. The Balaban J connectivity index is 2.15. The van der Waals surface area contributed by atoms with Crippen molar-refractivity contribution >= 4 is 11.9 Å². The first-order valence-electron chi connectivity index (χ1n) is 5.83. The molecule has 4 nitrogen and oxygen atoms in total. The lowest BCUT2D eigenvalue weighted by molar-refractivity contribution is -0.137. The van der Waals surface area contributed by atoms with E-state index in [1.807, 2.05) is 0 Å². The number of amides is 1. The third kappa shape index (κ3) is 3.06. The SMILES string of the molecule is O=C(O)CN(CC1CC1)C(=O)c1ccccc1F. The molecule has 0 spiro atoms. The molecule has 0 aromatic heterocycles. The van der Waals surface area contributed by atoms with E-state index in [0.29, 0.717) is 12.5 Å². The molecule has 0 saturated heterocycles. The highest BCUT2D eigenvalue weighted by Crippen LogP contribution is 2.30. The number of nitrogens with zero attached hydrogens (tertiary/aromatic N) is 1. The summed E-state index contributed by atoms with van der Waals surface area (Å²) in [5.41, 5.74) is -0.0700. The van der Waals surface area contributed by atoms with E-state index in [9.17, 15) is 14.0 Å². The van der Waals surface area contributed by atoms with Crippen LogP contribution in [0.25, 0.3) is 0 Å². The average molecular weight is 251 g/mol. The highest BCUT2D eigenvalue weighted by Gasteiger charge is 2.29. The van der Waals surface area contributed by atoms with Crippen LogP contribution in [0.2, 0.25) is 0 Å². The zero-order chi connectivity index (χ0) is 13.1. The number of carbonyl (C=O) groups excluding carboxylic acids is 1. The summed E-state index contributed by atoms with van der Waals surface area (Å²) in [7, 11) is 0. The third-order valence-electron chi connectivity index (χ3n) is 2.89. The van der Waals surface area contributed by atoms with Gasteiger partial charge in [0, 0.05) is 6.54 Å². The number of rotatable bonds is 5. The molecule has 0 radical (unpaired) electrons. The lowest BCUT2D eigenvalue weighted by atomic mass is 10.1. The fraction of sp³-hybridized carbons (Fsp3) is 0.385. The molecule has 96 valence electrons. The van der Waals surface area contributed by atoms with Crippen LogP contribution < -0.4 is 0 Å². The van der Waals surface area contributed by atoms with Crippen LogP contribution in [0.15, 0.2) is 24.3 Å². The Bertz CT molecular complexity index is 471. The van der Waals surface area contributed by atoms with E-state index in [-0.39, 0.29) is 12.1 Å². The van der Waals surface area contributed by atoms with E-state index < -0.39 is 17.7 Å². The molecule has 18 heavy (non-hydrogen) atoms. The highest BCUT2D eigenvalue weighted by atomic mass is 19.1. The third-order valence-corrected chi connectivity index (χ3v) is 2.89. The van der Waals surface area contributed by atoms with Crippen LogP contribution >= 0.6 is 0 Å². The molecule has 1 saturated carbocycles. The largest absolute Gasteiger partial charge is 0.480 e. The molecule has 1 fully saturated rings. The van der Waals surface area contributed by atoms with Gasteiger partial charge in [-0.1, -0.05) is 12.1 Å². The molecular formula is C13H14FNO3. The van der Waals surface area contributed by atoms with Crippen molar-refractivity contribution in [2.24, 2.45) is 5.92 Å². The Morgan fingerprint density at radius 1 is 1.33 bits per heavy atom. The highest BCUT2D eigenvalue weighted by molar-refractivity contribution is 5.96. The predicted octanol–water partition coefficient (Wildman–Crippen LogP) is 1.76. The van der Waals surface area contributed by atoms with Gasteiger partial charge < -0.3 is 10.0 Å². The number of aliphatic carboxylic acids is 1. The minimum absolute atomic E-state index is 0.0700. The maximum Gasteiger partial charge on any atom is 0.323 e. The maximum atomic E-state index is 13.5. The number of carbonyl (C=O) groups is 2. The summed E-state index contributed by atoms with van der Waals surface area (Å²) in [6.45, 7) is 0.00311. The van der Waals surface area contributed by atoms with E-state index >= 15 is 0 Å². The number of hydrogen-bond acceptors (Lipinski definition) is 2. The molecule has 5 heteroatoms. The standard InChI is InChI=1S/C13H14FNO3/c14-11-4-2-1-3-10(11)13(18)15(8-12(16)17)7-9-5-6-9/h1-4,9H,5-8H2,(H,16,17). The first kappa shape index (κ1) is 12.5. The van der Waals surface area contributed by atoms with Gasteiger partial charge in [0.05, 0.1) is 5.56 Å². The second kappa shape index (κ2) is 5.16. The number of carboxylic acid groups (broad SMARTS) is 1. The number of hydrogen-bond donors (Lipinski definition) is 1. The van der Waals surface area contributed by atoms with E-state index in [0.717, 1.165) is 12.8 Å². The summed E-state index contributed by atoms with van der Waals surface area (Å²) in [4.78, 5) is 24.0. The summed E-state index contributed by atoms with van der Waals surface area (Å²) in [5.74, 6) is -1.89. The maximum absolute atomic E-state index is 13.5. The Labute approximate surface area is 104 Å². The van der Waals surface area contributed by atoms with Gasteiger partial charge in [0.15, 0.2) is 0 Å². The molecule has 1 aromatic carbocycles. The molecule has 0 unspecified atom stereocenters. The van der Waals surface area contributed by atoms with E-state index in [1.54, 1.807) is 6.07 Å². The minimum atomic E-state index is -1.08. The second-order valence-corrected chi connectivity index (χ2v) is 4.50. The van der Waals surface area contributed by atoms with Gasteiger partial charge in [-0.3, -0.25) is 9.59 Å². The number of carboxylic acids is 1. The monoisotopic (exact) mass is 251 g/mol. The first-order chi connectivity index (χ1) is 8.58. The van der Waals surface area contributed by atoms with Crippen LogP contribution in [0, 0.1) is 11.7 Å². The topological polar surface area (TPSA) is 57.6 Å². The quantitative estimate of drug-likeness (QED) is 0.867. The molecule has 0 heterocycles. The molecule has 0 bridgehead atoms. The van der Waals surface area contributed by atoms with Crippen molar-refractivity contribution in [2.45, 2.75) is 12.8 Å². The Morgan fingerprint density at radius 2 is 2.00 bits per heavy atom. The summed E-state index contributed by atoms with van der Waals surface area (Å²) >= 11 is 0. The molecule has 1 aliphatic carbocycles. The Kier molecular flexibility index (Phi) is 3.60.